The minimum absolute atomic E-state index is 0.209. The van der Waals surface area contributed by atoms with Crippen LogP contribution < -0.4 is 10.6 Å². The molecule has 0 saturated heterocycles. The molecule has 19 heavy (non-hydrogen) atoms. The van der Waals surface area contributed by atoms with E-state index in [9.17, 15) is 4.79 Å². The van der Waals surface area contributed by atoms with E-state index in [0.717, 1.165) is 18.5 Å². The van der Waals surface area contributed by atoms with Crippen molar-refractivity contribution >= 4 is 17.4 Å². The molecule has 0 radical (unpaired) electrons. The number of nitrogens with one attached hydrogen (secondary N) is 2. The van der Waals surface area contributed by atoms with Gasteiger partial charge >= 0.3 is 0 Å². The van der Waals surface area contributed by atoms with Crippen LogP contribution >= 0.6 is 0 Å². The topological polar surface area (TPSA) is 80.0 Å². The van der Waals surface area contributed by atoms with Crippen molar-refractivity contribution in [3.63, 3.8) is 0 Å². The third kappa shape index (κ3) is 3.31. The SMILES string of the molecule is CCCc1cc(C(=O)Nc2cnoc2)cc(NC)n1. The molecule has 2 heterocycles. The van der Waals surface area contributed by atoms with Crippen LogP contribution in [0.3, 0.4) is 0 Å². The lowest BCUT2D eigenvalue weighted by Gasteiger charge is -2.08. The Hall–Kier alpha value is -2.37. The van der Waals surface area contributed by atoms with E-state index >= 15 is 0 Å². The van der Waals surface area contributed by atoms with Crippen LogP contribution in [0.5, 0.6) is 0 Å². The first-order valence-corrected chi connectivity index (χ1v) is 6.12. The Balaban J connectivity index is 2.22. The molecule has 0 aromatic carbocycles. The molecule has 6 nitrogen and oxygen atoms in total. The molecule has 0 saturated carbocycles. The van der Waals surface area contributed by atoms with Gasteiger partial charge in [0.15, 0.2) is 0 Å². The minimum Gasteiger partial charge on any atom is -0.373 e. The van der Waals surface area contributed by atoms with Gasteiger partial charge in [-0.1, -0.05) is 18.5 Å². The second kappa shape index (κ2) is 5.99. The molecule has 2 aromatic rings. The lowest BCUT2D eigenvalue weighted by atomic mass is 10.1. The highest BCUT2D eigenvalue weighted by atomic mass is 16.5. The summed E-state index contributed by atoms with van der Waals surface area (Å²) in [5.41, 5.74) is 1.98. The number of nitrogens with zero attached hydrogens (tertiary/aromatic N) is 2. The highest BCUT2D eigenvalue weighted by molar-refractivity contribution is 6.04. The summed E-state index contributed by atoms with van der Waals surface area (Å²) in [6.45, 7) is 2.07. The highest BCUT2D eigenvalue weighted by Crippen LogP contribution is 2.14. The zero-order chi connectivity index (χ0) is 13.7. The molecule has 6 heteroatoms. The number of hydrogen-bond acceptors (Lipinski definition) is 5. The normalized spacial score (nSPS) is 10.2. The van der Waals surface area contributed by atoms with Crippen LogP contribution in [0.2, 0.25) is 0 Å². The maximum Gasteiger partial charge on any atom is 0.255 e. The van der Waals surface area contributed by atoms with Gasteiger partial charge in [-0.05, 0) is 18.6 Å². The summed E-state index contributed by atoms with van der Waals surface area (Å²) < 4.78 is 4.67. The van der Waals surface area contributed by atoms with Crippen molar-refractivity contribution in [2.45, 2.75) is 19.8 Å². The number of hydrogen-bond donors (Lipinski definition) is 2. The first-order chi connectivity index (χ1) is 9.22. The van der Waals surface area contributed by atoms with Gasteiger partial charge in [0.05, 0.1) is 6.20 Å². The Kier molecular flexibility index (Phi) is 4.12. The van der Waals surface area contributed by atoms with Crippen molar-refractivity contribution in [3.8, 4) is 0 Å². The standard InChI is InChI=1S/C13H16N4O2/c1-3-4-10-5-9(6-12(14-2)16-10)13(18)17-11-7-15-19-8-11/h5-8H,3-4H2,1-2H3,(H,14,16)(H,17,18). The molecular weight excluding hydrogens is 244 g/mol. The number of amides is 1. The average molecular weight is 260 g/mol. The van der Waals surface area contributed by atoms with Gasteiger partial charge in [0.2, 0.25) is 0 Å². The third-order valence-corrected chi connectivity index (χ3v) is 2.59. The van der Waals surface area contributed by atoms with Gasteiger partial charge < -0.3 is 15.2 Å². The number of carbonyl (C=O) groups is 1. The average Bonchev–Trinajstić information content (AvgIpc) is 2.91. The first kappa shape index (κ1) is 13.1. The van der Waals surface area contributed by atoms with Gasteiger partial charge in [-0.25, -0.2) is 4.98 Å². The summed E-state index contributed by atoms with van der Waals surface area (Å²) in [4.78, 5) is 16.5. The minimum atomic E-state index is -0.209. The monoisotopic (exact) mass is 260 g/mol. The van der Waals surface area contributed by atoms with E-state index in [2.05, 4.69) is 32.2 Å². The van der Waals surface area contributed by atoms with Crippen LogP contribution in [0.1, 0.15) is 29.4 Å². The molecule has 0 aliphatic rings. The highest BCUT2D eigenvalue weighted by Gasteiger charge is 2.10. The van der Waals surface area contributed by atoms with Crippen LogP contribution in [-0.4, -0.2) is 23.1 Å². The van der Waals surface area contributed by atoms with Crippen molar-refractivity contribution in [2.24, 2.45) is 0 Å². The number of anilines is 2. The zero-order valence-electron chi connectivity index (χ0n) is 10.9. The molecule has 2 N–H and O–H groups in total. The second-order valence-corrected chi connectivity index (χ2v) is 4.10. The van der Waals surface area contributed by atoms with Gasteiger partial charge in [0, 0.05) is 18.3 Å². The summed E-state index contributed by atoms with van der Waals surface area (Å²) in [6.07, 6.45) is 4.64. The molecule has 100 valence electrons. The van der Waals surface area contributed by atoms with Crippen molar-refractivity contribution < 1.29 is 9.32 Å². The molecule has 1 amide bonds. The largest absolute Gasteiger partial charge is 0.373 e. The van der Waals surface area contributed by atoms with Gasteiger partial charge in [0.1, 0.15) is 17.8 Å². The molecule has 0 spiro atoms. The Labute approximate surface area is 111 Å². The van der Waals surface area contributed by atoms with Crippen molar-refractivity contribution in [2.75, 3.05) is 17.7 Å². The lowest BCUT2D eigenvalue weighted by Crippen LogP contribution is -2.13. The number of aromatic nitrogens is 2. The van der Waals surface area contributed by atoms with E-state index in [0.29, 0.717) is 17.1 Å². The predicted octanol–water partition coefficient (Wildman–Crippen LogP) is 2.32. The summed E-state index contributed by atoms with van der Waals surface area (Å²) in [7, 11) is 1.78. The summed E-state index contributed by atoms with van der Waals surface area (Å²) in [6, 6.07) is 3.51. The van der Waals surface area contributed by atoms with Gasteiger partial charge in [-0.2, -0.15) is 0 Å². The molecule has 2 aromatic heterocycles. The molecule has 0 fully saturated rings. The molecule has 0 aliphatic carbocycles. The summed E-state index contributed by atoms with van der Waals surface area (Å²) in [5.74, 6) is 0.473. The predicted molar refractivity (Wildman–Crippen MR) is 72.2 cm³/mol. The van der Waals surface area contributed by atoms with Crippen molar-refractivity contribution in [1.29, 1.82) is 0 Å². The van der Waals surface area contributed by atoms with E-state index in [1.54, 1.807) is 19.2 Å². The zero-order valence-corrected chi connectivity index (χ0v) is 10.9. The maximum atomic E-state index is 12.1. The van der Waals surface area contributed by atoms with E-state index in [4.69, 9.17) is 0 Å². The lowest BCUT2D eigenvalue weighted by molar-refractivity contribution is 0.102. The van der Waals surface area contributed by atoms with Crippen molar-refractivity contribution in [1.82, 2.24) is 10.1 Å². The number of rotatable bonds is 5. The Morgan fingerprint density at radius 2 is 2.26 bits per heavy atom. The molecular formula is C13H16N4O2. The summed E-state index contributed by atoms with van der Waals surface area (Å²) in [5, 5.41) is 9.20. The number of aryl methyl sites for hydroxylation is 1. The number of pyridine rings is 1. The molecule has 0 unspecified atom stereocenters. The third-order valence-electron chi connectivity index (χ3n) is 2.59. The van der Waals surface area contributed by atoms with Gasteiger partial charge in [-0.3, -0.25) is 4.79 Å². The van der Waals surface area contributed by atoms with Crippen LogP contribution in [0, 0.1) is 0 Å². The Morgan fingerprint density at radius 3 is 2.89 bits per heavy atom. The number of carbonyl (C=O) groups excluding carboxylic acids is 1. The second-order valence-electron chi connectivity index (χ2n) is 4.10. The fourth-order valence-electron chi connectivity index (χ4n) is 1.70. The Bertz CT molecular complexity index is 552. The van der Waals surface area contributed by atoms with Gasteiger partial charge in [0.25, 0.3) is 5.91 Å². The van der Waals surface area contributed by atoms with Crippen LogP contribution in [-0.2, 0) is 6.42 Å². The van der Waals surface area contributed by atoms with E-state index < -0.39 is 0 Å². The first-order valence-electron chi connectivity index (χ1n) is 6.12. The fraction of sp³-hybridized carbons (Fsp3) is 0.308. The molecule has 0 aliphatic heterocycles. The Morgan fingerprint density at radius 1 is 1.42 bits per heavy atom. The molecule has 0 atom stereocenters. The quantitative estimate of drug-likeness (QED) is 0.862. The van der Waals surface area contributed by atoms with Crippen molar-refractivity contribution in [3.05, 3.63) is 35.9 Å². The van der Waals surface area contributed by atoms with E-state index in [1.807, 2.05) is 0 Å². The summed E-state index contributed by atoms with van der Waals surface area (Å²) >= 11 is 0. The molecule has 0 bridgehead atoms. The fourth-order valence-corrected chi connectivity index (χ4v) is 1.70. The van der Waals surface area contributed by atoms with Gasteiger partial charge in [-0.15, -0.1) is 0 Å². The molecule has 2 rings (SSSR count). The maximum absolute atomic E-state index is 12.1. The van der Waals surface area contributed by atoms with E-state index in [-0.39, 0.29) is 5.91 Å². The van der Waals surface area contributed by atoms with Crippen LogP contribution in [0.25, 0.3) is 0 Å². The van der Waals surface area contributed by atoms with Crippen LogP contribution in [0.4, 0.5) is 11.5 Å². The van der Waals surface area contributed by atoms with E-state index in [1.165, 1.54) is 12.5 Å². The van der Waals surface area contributed by atoms with Crippen LogP contribution in [0.15, 0.2) is 29.1 Å². The smallest absolute Gasteiger partial charge is 0.255 e.